The van der Waals surface area contributed by atoms with Gasteiger partial charge >= 0.3 is 0 Å². The molecule has 0 spiro atoms. The van der Waals surface area contributed by atoms with E-state index in [1.807, 2.05) is 24.3 Å². The molecular weight excluding hydrogens is 296 g/mol. The van der Waals surface area contributed by atoms with E-state index in [0.717, 1.165) is 35.2 Å². The minimum Gasteiger partial charge on any atom is -0.495 e. The molecule has 4 rings (SSSR count). The van der Waals surface area contributed by atoms with Crippen LogP contribution in [-0.4, -0.2) is 16.7 Å². The summed E-state index contributed by atoms with van der Waals surface area (Å²) in [4.78, 5) is 19.7. The monoisotopic (exact) mass is 312 g/mol. The highest BCUT2D eigenvalue weighted by atomic mass is 32.1. The molecule has 0 bridgehead atoms. The Labute approximate surface area is 132 Å². The Kier molecular flexibility index (Phi) is 3.22. The molecule has 0 aliphatic heterocycles. The number of hydrogen-bond acceptors (Lipinski definition) is 4. The number of methoxy groups -OCH3 is 1. The zero-order valence-corrected chi connectivity index (χ0v) is 13.2. The first-order valence-corrected chi connectivity index (χ1v) is 8.26. The molecule has 0 fully saturated rings. The summed E-state index contributed by atoms with van der Waals surface area (Å²) in [6.45, 7) is 0. The molecule has 3 aromatic rings. The van der Waals surface area contributed by atoms with Crippen molar-refractivity contribution >= 4 is 21.6 Å². The summed E-state index contributed by atoms with van der Waals surface area (Å²) >= 11 is 1.67. The topological polar surface area (TPSA) is 44.1 Å². The highest BCUT2D eigenvalue weighted by molar-refractivity contribution is 7.18. The number of aryl methyl sites for hydroxylation is 2. The predicted molar refractivity (Wildman–Crippen MR) is 88.4 cm³/mol. The van der Waals surface area contributed by atoms with Gasteiger partial charge in [0.1, 0.15) is 16.9 Å². The highest BCUT2D eigenvalue weighted by Gasteiger charge is 2.20. The van der Waals surface area contributed by atoms with Crippen molar-refractivity contribution < 1.29 is 4.74 Å². The third-order valence-electron chi connectivity index (χ3n) is 4.22. The second kappa shape index (κ2) is 5.25. The first kappa shape index (κ1) is 13.5. The highest BCUT2D eigenvalue weighted by Crippen LogP contribution is 2.33. The van der Waals surface area contributed by atoms with Crippen molar-refractivity contribution in [1.82, 2.24) is 9.55 Å². The zero-order valence-electron chi connectivity index (χ0n) is 12.3. The van der Waals surface area contributed by atoms with Gasteiger partial charge < -0.3 is 4.74 Å². The Morgan fingerprint density at radius 2 is 2.05 bits per heavy atom. The minimum absolute atomic E-state index is 0.00824. The van der Waals surface area contributed by atoms with Crippen LogP contribution in [0.25, 0.3) is 15.9 Å². The second-order valence-electron chi connectivity index (χ2n) is 5.48. The van der Waals surface area contributed by atoms with Crippen LogP contribution in [0, 0.1) is 0 Å². The Balaban J connectivity index is 2.00. The number of ether oxygens (including phenoxy) is 1. The van der Waals surface area contributed by atoms with Gasteiger partial charge in [-0.2, -0.15) is 0 Å². The molecule has 112 valence electrons. The molecule has 22 heavy (non-hydrogen) atoms. The van der Waals surface area contributed by atoms with Crippen LogP contribution >= 0.6 is 11.3 Å². The molecule has 2 aromatic heterocycles. The molecule has 0 amide bonds. The summed E-state index contributed by atoms with van der Waals surface area (Å²) in [5.41, 5.74) is 1.96. The SMILES string of the molecule is COc1ccccc1-n1cnc2sc3c(c2c1=O)CCCC3. The first-order valence-electron chi connectivity index (χ1n) is 7.45. The van der Waals surface area contributed by atoms with Crippen molar-refractivity contribution in [2.45, 2.75) is 25.7 Å². The van der Waals surface area contributed by atoms with Crippen LogP contribution in [0.1, 0.15) is 23.3 Å². The Morgan fingerprint density at radius 3 is 2.91 bits per heavy atom. The van der Waals surface area contributed by atoms with Gasteiger partial charge in [-0.05, 0) is 43.4 Å². The first-order chi connectivity index (χ1) is 10.8. The molecule has 1 aromatic carbocycles. The molecular formula is C17H16N2O2S. The van der Waals surface area contributed by atoms with Crippen LogP contribution in [-0.2, 0) is 12.8 Å². The summed E-state index contributed by atoms with van der Waals surface area (Å²) < 4.78 is 6.98. The standard InChI is InChI=1S/C17H16N2O2S/c1-21-13-8-4-3-7-12(13)19-10-18-16-15(17(19)20)11-6-2-5-9-14(11)22-16/h3-4,7-8,10H,2,5-6,9H2,1H3. The van der Waals surface area contributed by atoms with Gasteiger partial charge in [0, 0.05) is 4.88 Å². The average Bonchev–Trinajstić information content (AvgIpc) is 2.94. The van der Waals surface area contributed by atoms with E-state index in [4.69, 9.17) is 4.74 Å². The largest absolute Gasteiger partial charge is 0.495 e. The van der Waals surface area contributed by atoms with Crippen molar-refractivity contribution in [3.05, 3.63) is 51.4 Å². The summed E-state index contributed by atoms with van der Waals surface area (Å²) in [7, 11) is 1.61. The third kappa shape index (κ3) is 1.96. The van der Waals surface area contributed by atoms with Crippen LogP contribution < -0.4 is 10.3 Å². The van der Waals surface area contributed by atoms with Gasteiger partial charge in [-0.1, -0.05) is 12.1 Å². The summed E-state index contributed by atoms with van der Waals surface area (Å²) in [6, 6.07) is 7.53. The fourth-order valence-corrected chi connectivity index (χ4v) is 4.37. The number of aromatic nitrogens is 2. The lowest BCUT2D eigenvalue weighted by atomic mass is 9.97. The van der Waals surface area contributed by atoms with E-state index in [1.54, 1.807) is 29.3 Å². The fourth-order valence-electron chi connectivity index (χ4n) is 3.15. The maximum Gasteiger partial charge on any atom is 0.267 e. The number of hydrogen-bond donors (Lipinski definition) is 0. The van der Waals surface area contributed by atoms with Crippen LogP contribution in [0.4, 0.5) is 0 Å². The molecule has 0 radical (unpaired) electrons. The van der Waals surface area contributed by atoms with Gasteiger partial charge in [-0.25, -0.2) is 4.98 Å². The maximum atomic E-state index is 13.0. The predicted octanol–water partition coefficient (Wildman–Crippen LogP) is 3.33. The van der Waals surface area contributed by atoms with E-state index in [9.17, 15) is 4.79 Å². The van der Waals surface area contributed by atoms with E-state index < -0.39 is 0 Å². The van der Waals surface area contributed by atoms with Gasteiger partial charge in [0.15, 0.2) is 0 Å². The van der Waals surface area contributed by atoms with Crippen molar-refractivity contribution in [2.24, 2.45) is 0 Å². The van der Waals surface area contributed by atoms with Crippen molar-refractivity contribution in [3.63, 3.8) is 0 Å². The normalized spacial score (nSPS) is 14.0. The number of fused-ring (bicyclic) bond motifs is 3. The lowest BCUT2D eigenvalue weighted by molar-refractivity contribution is 0.412. The zero-order chi connectivity index (χ0) is 15.1. The molecule has 2 heterocycles. The molecule has 0 unspecified atom stereocenters. The fraction of sp³-hybridized carbons (Fsp3) is 0.294. The van der Waals surface area contributed by atoms with Gasteiger partial charge in [0.25, 0.3) is 5.56 Å². The molecule has 1 aliphatic carbocycles. The number of benzene rings is 1. The van der Waals surface area contributed by atoms with Crippen LogP contribution in [0.3, 0.4) is 0 Å². The van der Waals surface area contributed by atoms with Crippen LogP contribution in [0.2, 0.25) is 0 Å². The summed E-state index contributed by atoms with van der Waals surface area (Å²) in [6.07, 6.45) is 6.04. The third-order valence-corrected chi connectivity index (χ3v) is 5.42. The van der Waals surface area contributed by atoms with Gasteiger partial charge in [0.05, 0.1) is 18.2 Å². The Hall–Kier alpha value is -2.14. The van der Waals surface area contributed by atoms with Gasteiger partial charge in [-0.15, -0.1) is 11.3 Å². The van der Waals surface area contributed by atoms with E-state index in [0.29, 0.717) is 5.75 Å². The molecule has 1 aliphatic rings. The molecule has 0 atom stereocenters. The van der Waals surface area contributed by atoms with Gasteiger partial charge in [-0.3, -0.25) is 9.36 Å². The maximum absolute atomic E-state index is 13.0. The number of rotatable bonds is 2. The molecule has 0 N–H and O–H groups in total. The summed E-state index contributed by atoms with van der Waals surface area (Å²) in [5.74, 6) is 0.676. The molecule has 5 heteroatoms. The van der Waals surface area contributed by atoms with E-state index in [-0.39, 0.29) is 5.56 Å². The lowest BCUT2D eigenvalue weighted by Crippen LogP contribution is -2.20. The number of nitrogens with zero attached hydrogens (tertiary/aromatic N) is 2. The average molecular weight is 312 g/mol. The lowest BCUT2D eigenvalue weighted by Gasteiger charge is -2.12. The van der Waals surface area contributed by atoms with E-state index in [1.165, 1.54) is 16.9 Å². The molecule has 4 nitrogen and oxygen atoms in total. The van der Waals surface area contributed by atoms with E-state index in [2.05, 4.69) is 4.98 Å². The molecule has 0 saturated heterocycles. The molecule has 0 saturated carbocycles. The Bertz CT molecular complexity index is 911. The summed E-state index contributed by atoms with van der Waals surface area (Å²) in [5, 5.41) is 0.799. The Morgan fingerprint density at radius 1 is 1.23 bits per heavy atom. The number of para-hydroxylation sites is 2. The quantitative estimate of drug-likeness (QED) is 0.729. The second-order valence-corrected chi connectivity index (χ2v) is 6.57. The number of thiophene rings is 1. The van der Waals surface area contributed by atoms with Gasteiger partial charge in [0.2, 0.25) is 0 Å². The van der Waals surface area contributed by atoms with Crippen molar-refractivity contribution in [1.29, 1.82) is 0 Å². The van der Waals surface area contributed by atoms with Crippen molar-refractivity contribution in [2.75, 3.05) is 7.11 Å². The van der Waals surface area contributed by atoms with Crippen molar-refractivity contribution in [3.8, 4) is 11.4 Å². The smallest absolute Gasteiger partial charge is 0.267 e. The van der Waals surface area contributed by atoms with Crippen LogP contribution in [0.15, 0.2) is 35.4 Å². The van der Waals surface area contributed by atoms with E-state index >= 15 is 0 Å². The minimum atomic E-state index is 0.00824. The van der Waals surface area contributed by atoms with Crippen LogP contribution in [0.5, 0.6) is 5.75 Å².